The number of hydrogen-bond donors (Lipinski definition) is 1. The number of aryl methyl sites for hydroxylation is 1. The topological polar surface area (TPSA) is 83.0 Å². The van der Waals surface area contributed by atoms with E-state index in [9.17, 15) is 14.7 Å². The van der Waals surface area contributed by atoms with Crippen LogP contribution in [-0.2, 0) is 4.84 Å². The van der Waals surface area contributed by atoms with Crippen molar-refractivity contribution < 1.29 is 19.5 Å². The quantitative estimate of drug-likeness (QED) is 0.833. The molecule has 1 saturated heterocycles. The van der Waals surface area contributed by atoms with E-state index in [0.29, 0.717) is 30.0 Å². The van der Waals surface area contributed by atoms with E-state index in [1.807, 2.05) is 11.0 Å². The first-order chi connectivity index (χ1) is 12.0. The fraction of sp³-hybridized carbons (Fsp3) is 0.278. The van der Waals surface area contributed by atoms with Crippen molar-refractivity contribution in [3.8, 4) is 0 Å². The molecule has 0 spiro atoms. The Bertz CT molecular complexity index is 788. The van der Waals surface area contributed by atoms with Crippen LogP contribution in [0.5, 0.6) is 0 Å². The maximum atomic E-state index is 12.1. The second-order valence-electron chi connectivity index (χ2n) is 6.01. The Kier molecular flexibility index (Phi) is 4.67. The maximum Gasteiger partial charge on any atom is 0.357 e. The Hall–Kier alpha value is -2.93. The molecule has 0 saturated carbocycles. The SMILES string of the molecule is Cc1cnc(N2CC(N(C)OC(=O)c3ccccc3)C2)cc1C(=O)O. The number of aromatic nitrogens is 1. The smallest absolute Gasteiger partial charge is 0.357 e. The van der Waals surface area contributed by atoms with Gasteiger partial charge >= 0.3 is 11.9 Å². The summed E-state index contributed by atoms with van der Waals surface area (Å²) in [5.41, 5.74) is 1.37. The van der Waals surface area contributed by atoms with Crippen LogP contribution >= 0.6 is 0 Å². The minimum absolute atomic E-state index is 0.0315. The highest BCUT2D eigenvalue weighted by molar-refractivity contribution is 5.90. The van der Waals surface area contributed by atoms with Crippen molar-refractivity contribution in [2.45, 2.75) is 13.0 Å². The number of likely N-dealkylation sites (N-methyl/N-ethyl adjacent to an activating group) is 1. The Balaban J connectivity index is 1.58. The number of rotatable bonds is 5. The molecule has 0 unspecified atom stereocenters. The lowest BCUT2D eigenvalue weighted by Gasteiger charge is -2.43. The van der Waals surface area contributed by atoms with Crippen molar-refractivity contribution in [2.75, 3.05) is 25.0 Å². The Morgan fingerprint density at radius 2 is 1.96 bits per heavy atom. The monoisotopic (exact) mass is 341 g/mol. The summed E-state index contributed by atoms with van der Waals surface area (Å²) in [6.07, 6.45) is 1.56. The van der Waals surface area contributed by atoms with Gasteiger partial charge in [0.2, 0.25) is 0 Å². The van der Waals surface area contributed by atoms with Crippen molar-refractivity contribution in [2.24, 2.45) is 0 Å². The summed E-state index contributed by atoms with van der Waals surface area (Å²) in [5.74, 6) is -0.752. The van der Waals surface area contributed by atoms with Gasteiger partial charge in [-0.05, 0) is 30.7 Å². The molecule has 1 fully saturated rings. The molecule has 1 aliphatic rings. The van der Waals surface area contributed by atoms with Gasteiger partial charge in [-0.25, -0.2) is 14.6 Å². The summed E-state index contributed by atoms with van der Waals surface area (Å²) < 4.78 is 0. The van der Waals surface area contributed by atoms with E-state index < -0.39 is 11.9 Å². The van der Waals surface area contributed by atoms with Crippen LogP contribution in [0.2, 0.25) is 0 Å². The average Bonchev–Trinajstić information content (AvgIpc) is 2.55. The van der Waals surface area contributed by atoms with Gasteiger partial charge in [-0.3, -0.25) is 0 Å². The minimum Gasteiger partial charge on any atom is -0.478 e. The standard InChI is InChI=1S/C18H19N3O4/c1-12-9-19-16(8-15(12)17(22)23)21-10-14(11-21)20(2)25-18(24)13-6-4-3-5-7-13/h3-9,14H,10-11H2,1-2H3,(H,22,23). The largest absolute Gasteiger partial charge is 0.478 e. The zero-order chi connectivity index (χ0) is 18.0. The van der Waals surface area contributed by atoms with Crippen LogP contribution in [0.25, 0.3) is 0 Å². The zero-order valence-corrected chi connectivity index (χ0v) is 14.0. The molecule has 7 heteroatoms. The first kappa shape index (κ1) is 16.9. The number of hydrogen-bond acceptors (Lipinski definition) is 6. The highest BCUT2D eigenvalue weighted by Crippen LogP contribution is 2.23. The summed E-state index contributed by atoms with van der Waals surface area (Å²) in [6, 6.07) is 10.4. The van der Waals surface area contributed by atoms with E-state index in [-0.39, 0.29) is 11.6 Å². The van der Waals surface area contributed by atoms with Crippen molar-refractivity contribution in [1.29, 1.82) is 0 Å². The number of hydroxylamine groups is 2. The van der Waals surface area contributed by atoms with Gasteiger partial charge in [0.15, 0.2) is 0 Å². The lowest BCUT2D eigenvalue weighted by atomic mass is 10.1. The van der Waals surface area contributed by atoms with Crippen molar-refractivity contribution >= 4 is 17.8 Å². The van der Waals surface area contributed by atoms with Crippen LogP contribution in [0.4, 0.5) is 5.82 Å². The van der Waals surface area contributed by atoms with Crippen LogP contribution in [-0.4, -0.2) is 53.3 Å². The fourth-order valence-electron chi connectivity index (χ4n) is 2.62. The average molecular weight is 341 g/mol. The molecule has 2 heterocycles. The Morgan fingerprint density at radius 1 is 1.28 bits per heavy atom. The molecule has 25 heavy (non-hydrogen) atoms. The maximum absolute atomic E-state index is 12.1. The zero-order valence-electron chi connectivity index (χ0n) is 14.0. The third-order valence-electron chi connectivity index (χ3n) is 4.26. The van der Waals surface area contributed by atoms with Crippen molar-refractivity contribution in [3.05, 3.63) is 59.3 Å². The molecule has 130 valence electrons. The number of benzene rings is 1. The molecular formula is C18H19N3O4. The summed E-state index contributed by atoms with van der Waals surface area (Å²) in [4.78, 5) is 34.9. The van der Waals surface area contributed by atoms with E-state index in [1.165, 1.54) is 5.06 Å². The number of nitrogens with zero attached hydrogens (tertiary/aromatic N) is 3. The molecule has 0 atom stereocenters. The third-order valence-corrected chi connectivity index (χ3v) is 4.26. The second kappa shape index (κ2) is 6.90. The van der Waals surface area contributed by atoms with Crippen LogP contribution < -0.4 is 4.90 Å². The lowest BCUT2D eigenvalue weighted by molar-refractivity contribution is -0.124. The van der Waals surface area contributed by atoms with Crippen molar-refractivity contribution in [1.82, 2.24) is 10.0 Å². The van der Waals surface area contributed by atoms with Crippen LogP contribution in [0, 0.1) is 6.92 Å². The summed E-state index contributed by atoms with van der Waals surface area (Å²) in [5, 5.41) is 10.7. The summed E-state index contributed by atoms with van der Waals surface area (Å²) >= 11 is 0. The molecule has 1 aromatic heterocycles. The number of anilines is 1. The van der Waals surface area contributed by atoms with Gasteiger partial charge in [-0.2, -0.15) is 0 Å². The molecular weight excluding hydrogens is 322 g/mol. The fourth-order valence-corrected chi connectivity index (χ4v) is 2.62. The minimum atomic E-state index is -0.966. The third kappa shape index (κ3) is 3.61. The van der Waals surface area contributed by atoms with Gasteiger partial charge < -0.3 is 14.8 Å². The highest BCUT2D eigenvalue weighted by atomic mass is 16.7. The van der Waals surface area contributed by atoms with Gasteiger partial charge in [0.25, 0.3) is 0 Å². The number of pyridine rings is 1. The van der Waals surface area contributed by atoms with Crippen LogP contribution in [0.3, 0.4) is 0 Å². The van der Waals surface area contributed by atoms with E-state index >= 15 is 0 Å². The van der Waals surface area contributed by atoms with Crippen LogP contribution in [0.1, 0.15) is 26.3 Å². The predicted octanol–water partition coefficient (Wildman–Crippen LogP) is 1.98. The molecule has 0 radical (unpaired) electrons. The number of carboxylic acid groups (broad SMARTS) is 1. The molecule has 1 aromatic carbocycles. The van der Waals surface area contributed by atoms with Gasteiger partial charge in [0.05, 0.1) is 17.2 Å². The summed E-state index contributed by atoms with van der Waals surface area (Å²) in [6.45, 7) is 2.93. The number of carbonyl (C=O) groups excluding carboxylic acids is 1. The van der Waals surface area contributed by atoms with E-state index in [2.05, 4.69) is 4.98 Å². The Labute approximate surface area is 145 Å². The normalized spacial score (nSPS) is 14.3. The highest BCUT2D eigenvalue weighted by Gasteiger charge is 2.33. The molecule has 1 aliphatic heterocycles. The van der Waals surface area contributed by atoms with Gasteiger partial charge in [-0.1, -0.05) is 18.2 Å². The molecule has 0 aliphatic carbocycles. The van der Waals surface area contributed by atoms with Gasteiger partial charge in [0, 0.05) is 26.3 Å². The van der Waals surface area contributed by atoms with E-state index in [1.54, 1.807) is 50.5 Å². The second-order valence-corrected chi connectivity index (χ2v) is 6.01. The molecule has 1 N–H and O–H groups in total. The molecule has 0 amide bonds. The number of aromatic carboxylic acids is 1. The first-order valence-corrected chi connectivity index (χ1v) is 7.91. The van der Waals surface area contributed by atoms with E-state index in [4.69, 9.17) is 4.84 Å². The molecule has 0 bridgehead atoms. The summed E-state index contributed by atoms with van der Waals surface area (Å²) in [7, 11) is 1.72. The first-order valence-electron chi connectivity index (χ1n) is 7.91. The Morgan fingerprint density at radius 3 is 2.60 bits per heavy atom. The number of carboxylic acids is 1. The van der Waals surface area contributed by atoms with Crippen molar-refractivity contribution in [3.63, 3.8) is 0 Å². The molecule has 2 aromatic rings. The predicted molar refractivity (Wildman–Crippen MR) is 91.6 cm³/mol. The van der Waals surface area contributed by atoms with Gasteiger partial charge in [-0.15, -0.1) is 5.06 Å². The lowest BCUT2D eigenvalue weighted by Crippen LogP contribution is -2.59. The van der Waals surface area contributed by atoms with E-state index in [0.717, 1.165) is 0 Å². The molecule has 3 rings (SSSR count). The molecule has 7 nitrogen and oxygen atoms in total. The van der Waals surface area contributed by atoms with Gasteiger partial charge in [0.1, 0.15) is 5.82 Å². The number of carbonyl (C=O) groups is 2. The van der Waals surface area contributed by atoms with Crippen LogP contribution in [0.15, 0.2) is 42.6 Å².